The lowest BCUT2D eigenvalue weighted by atomic mass is 10.1. The smallest absolute Gasteiger partial charge is 0.239 e. The van der Waals surface area contributed by atoms with E-state index < -0.39 is 0 Å². The van der Waals surface area contributed by atoms with Crippen LogP contribution >= 0.6 is 11.3 Å². The fraction of sp³-hybridized carbons (Fsp3) is 0.571. The molecule has 0 radical (unpaired) electrons. The average molecular weight is 293 g/mol. The molecule has 1 aliphatic rings. The van der Waals surface area contributed by atoms with Crippen LogP contribution < -0.4 is 5.32 Å². The molecule has 1 saturated heterocycles. The second-order valence-electron chi connectivity index (χ2n) is 5.15. The summed E-state index contributed by atoms with van der Waals surface area (Å²) in [5, 5.41) is 22.1. The molecule has 2 N–H and O–H groups in total. The number of aliphatic hydroxyl groups excluding tert-OH is 1. The highest BCUT2D eigenvalue weighted by Crippen LogP contribution is 2.31. The van der Waals surface area contributed by atoms with E-state index in [0.717, 1.165) is 23.5 Å². The molecule has 6 heteroatoms. The Hall–Kier alpha value is -1.42. The van der Waals surface area contributed by atoms with Crippen molar-refractivity contribution in [2.75, 3.05) is 25.0 Å². The zero-order valence-corrected chi connectivity index (χ0v) is 12.6. The van der Waals surface area contributed by atoms with E-state index in [2.05, 4.69) is 11.4 Å². The van der Waals surface area contributed by atoms with Crippen LogP contribution in [0.4, 0.5) is 5.00 Å². The minimum absolute atomic E-state index is 0.0980. The number of aryl methyl sites for hydroxylation is 1. The van der Waals surface area contributed by atoms with Gasteiger partial charge in [0.05, 0.1) is 18.2 Å². The van der Waals surface area contributed by atoms with Gasteiger partial charge in [0.2, 0.25) is 5.91 Å². The van der Waals surface area contributed by atoms with Gasteiger partial charge in [0.15, 0.2) is 0 Å². The van der Waals surface area contributed by atoms with E-state index in [1.807, 2.05) is 18.7 Å². The molecule has 20 heavy (non-hydrogen) atoms. The first-order valence-electron chi connectivity index (χ1n) is 6.71. The van der Waals surface area contributed by atoms with Crippen molar-refractivity contribution in [1.29, 1.82) is 5.26 Å². The van der Waals surface area contributed by atoms with Crippen LogP contribution in [-0.4, -0.2) is 41.7 Å². The number of hydrogen-bond donors (Lipinski definition) is 2. The Morgan fingerprint density at radius 1 is 1.50 bits per heavy atom. The molecular weight excluding hydrogens is 274 g/mol. The Morgan fingerprint density at radius 2 is 2.15 bits per heavy atom. The lowest BCUT2D eigenvalue weighted by Gasteiger charge is -2.28. The molecule has 1 fully saturated rings. The lowest BCUT2D eigenvalue weighted by molar-refractivity contribution is -0.117. The second kappa shape index (κ2) is 6.35. The van der Waals surface area contributed by atoms with E-state index in [1.165, 1.54) is 11.3 Å². The first-order chi connectivity index (χ1) is 9.51. The van der Waals surface area contributed by atoms with Crippen LogP contribution in [0.2, 0.25) is 0 Å². The summed E-state index contributed by atoms with van der Waals surface area (Å²) in [6.07, 6.45) is 1.20. The van der Waals surface area contributed by atoms with Gasteiger partial charge in [0, 0.05) is 18.0 Å². The number of nitrogens with one attached hydrogen (secondary N) is 1. The molecule has 0 unspecified atom stereocenters. The molecule has 2 heterocycles. The van der Waals surface area contributed by atoms with Gasteiger partial charge in [-0.25, -0.2) is 0 Å². The van der Waals surface area contributed by atoms with Crippen molar-refractivity contribution in [3.63, 3.8) is 0 Å². The number of anilines is 1. The molecule has 2 rings (SSSR count). The SMILES string of the molecule is Cc1sc(NC(=O)CN2CCC(O)CC2)c(C#N)c1C. The number of rotatable bonds is 3. The fourth-order valence-electron chi connectivity index (χ4n) is 2.30. The largest absolute Gasteiger partial charge is 0.393 e. The summed E-state index contributed by atoms with van der Waals surface area (Å²) in [6.45, 7) is 5.63. The topological polar surface area (TPSA) is 76.4 Å². The summed E-state index contributed by atoms with van der Waals surface area (Å²) >= 11 is 1.44. The molecule has 1 aromatic rings. The van der Waals surface area contributed by atoms with Crippen molar-refractivity contribution < 1.29 is 9.90 Å². The maximum atomic E-state index is 12.0. The number of piperidine rings is 1. The third-order valence-electron chi connectivity index (χ3n) is 3.67. The first-order valence-corrected chi connectivity index (χ1v) is 7.53. The van der Waals surface area contributed by atoms with E-state index >= 15 is 0 Å². The molecule has 1 aliphatic heterocycles. The van der Waals surface area contributed by atoms with Crippen LogP contribution in [0.1, 0.15) is 28.8 Å². The maximum Gasteiger partial charge on any atom is 0.239 e. The number of likely N-dealkylation sites (tertiary alicyclic amines) is 1. The molecule has 0 atom stereocenters. The molecule has 0 aromatic carbocycles. The molecule has 0 bridgehead atoms. The number of carbonyl (C=O) groups is 1. The molecular formula is C14H19N3O2S. The van der Waals surface area contributed by atoms with Gasteiger partial charge in [-0.15, -0.1) is 11.3 Å². The first kappa shape index (κ1) is 15.0. The van der Waals surface area contributed by atoms with E-state index in [9.17, 15) is 9.90 Å². The fourth-order valence-corrected chi connectivity index (χ4v) is 3.32. The van der Waals surface area contributed by atoms with Crippen molar-refractivity contribution in [2.24, 2.45) is 0 Å². The molecule has 108 valence electrons. The van der Waals surface area contributed by atoms with Gasteiger partial charge in [0.1, 0.15) is 11.1 Å². The molecule has 0 saturated carbocycles. The Balaban J connectivity index is 1.95. The van der Waals surface area contributed by atoms with Crippen LogP contribution in [0, 0.1) is 25.2 Å². The van der Waals surface area contributed by atoms with Crippen molar-refractivity contribution >= 4 is 22.2 Å². The van der Waals surface area contributed by atoms with Gasteiger partial charge >= 0.3 is 0 Å². The van der Waals surface area contributed by atoms with Crippen LogP contribution in [-0.2, 0) is 4.79 Å². The highest BCUT2D eigenvalue weighted by atomic mass is 32.1. The third-order valence-corrected chi connectivity index (χ3v) is 4.80. The Labute approximate surface area is 122 Å². The van der Waals surface area contributed by atoms with Crippen LogP contribution in [0.5, 0.6) is 0 Å². The zero-order valence-electron chi connectivity index (χ0n) is 11.8. The number of carbonyl (C=O) groups excluding carboxylic acids is 1. The van der Waals surface area contributed by atoms with Gasteiger partial charge in [-0.2, -0.15) is 5.26 Å². The summed E-state index contributed by atoms with van der Waals surface area (Å²) in [5.74, 6) is -0.0980. The maximum absolute atomic E-state index is 12.0. The van der Waals surface area contributed by atoms with E-state index in [1.54, 1.807) is 0 Å². The normalized spacial score (nSPS) is 16.9. The summed E-state index contributed by atoms with van der Waals surface area (Å²) < 4.78 is 0. The van der Waals surface area contributed by atoms with E-state index in [4.69, 9.17) is 5.26 Å². The van der Waals surface area contributed by atoms with Crippen molar-refractivity contribution in [1.82, 2.24) is 4.90 Å². The Bertz CT molecular complexity index is 539. The van der Waals surface area contributed by atoms with Crippen LogP contribution in [0.3, 0.4) is 0 Å². The van der Waals surface area contributed by atoms with Gasteiger partial charge in [0.25, 0.3) is 0 Å². The predicted molar refractivity (Wildman–Crippen MR) is 78.8 cm³/mol. The van der Waals surface area contributed by atoms with E-state index in [0.29, 0.717) is 30.0 Å². The Morgan fingerprint density at radius 3 is 2.75 bits per heavy atom. The summed E-state index contributed by atoms with van der Waals surface area (Å²) in [7, 11) is 0. The number of thiophene rings is 1. The average Bonchev–Trinajstić information content (AvgIpc) is 2.67. The minimum Gasteiger partial charge on any atom is -0.393 e. The number of nitrogens with zero attached hydrogens (tertiary/aromatic N) is 2. The molecule has 0 spiro atoms. The number of amides is 1. The van der Waals surface area contributed by atoms with Crippen LogP contribution in [0.25, 0.3) is 0 Å². The predicted octanol–water partition coefficient (Wildman–Crippen LogP) is 1.63. The number of aliphatic hydroxyl groups is 1. The third kappa shape index (κ3) is 3.37. The highest BCUT2D eigenvalue weighted by Gasteiger charge is 2.20. The highest BCUT2D eigenvalue weighted by molar-refractivity contribution is 7.16. The zero-order chi connectivity index (χ0) is 14.7. The van der Waals surface area contributed by atoms with Crippen molar-refractivity contribution in [3.8, 4) is 6.07 Å². The monoisotopic (exact) mass is 293 g/mol. The van der Waals surface area contributed by atoms with Gasteiger partial charge in [-0.1, -0.05) is 0 Å². The summed E-state index contributed by atoms with van der Waals surface area (Å²) in [4.78, 5) is 15.1. The molecule has 1 amide bonds. The number of nitriles is 1. The van der Waals surface area contributed by atoms with Gasteiger partial charge in [-0.3, -0.25) is 9.69 Å². The quantitative estimate of drug-likeness (QED) is 0.888. The van der Waals surface area contributed by atoms with Crippen LogP contribution in [0.15, 0.2) is 0 Å². The Kier molecular flexibility index (Phi) is 4.76. The summed E-state index contributed by atoms with van der Waals surface area (Å²) in [6, 6.07) is 2.15. The standard InChI is InChI=1S/C14H19N3O2S/c1-9-10(2)20-14(12(9)7-15)16-13(19)8-17-5-3-11(18)4-6-17/h11,18H,3-6,8H2,1-2H3,(H,16,19). The lowest BCUT2D eigenvalue weighted by Crippen LogP contribution is -2.40. The van der Waals surface area contributed by atoms with Crippen molar-refractivity contribution in [2.45, 2.75) is 32.8 Å². The van der Waals surface area contributed by atoms with Gasteiger partial charge in [-0.05, 0) is 32.3 Å². The minimum atomic E-state index is -0.234. The number of hydrogen-bond acceptors (Lipinski definition) is 5. The van der Waals surface area contributed by atoms with Crippen molar-refractivity contribution in [3.05, 3.63) is 16.0 Å². The summed E-state index contributed by atoms with van der Waals surface area (Å²) in [5.41, 5.74) is 1.50. The molecule has 5 nitrogen and oxygen atoms in total. The second-order valence-corrected chi connectivity index (χ2v) is 6.38. The van der Waals surface area contributed by atoms with E-state index in [-0.39, 0.29) is 12.0 Å². The van der Waals surface area contributed by atoms with Gasteiger partial charge < -0.3 is 10.4 Å². The molecule has 0 aliphatic carbocycles. The molecule has 1 aromatic heterocycles.